The van der Waals surface area contributed by atoms with Gasteiger partial charge in [0.05, 0.1) is 0 Å². The molecule has 0 aliphatic carbocycles. The van der Waals surface area contributed by atoms with Crippen molar-refractivity contribution in [3.05, 3.63) is 59.9 Å². The Balaban J connectivity index is 1.57. The molecule has 1 aromatic carbocycles. The standard InChI is InChI=1S/C21H23N5O3/c1-2-25-19(28)21(26(20(25)29)15-16-7-4-3-5-8-16)10-13-24(14-11-21)18(27)17-9-6-12-22-23-17/h3-9,12H,2,10-11,13-15H2,1H3. The summed E-state index contributed by atoms with van der Waals surface area (Å²) in [5.74, 6) is -0.362. The van der Waals surface area contributed by atoms with Crippen molar-refractivity contribution in [2.45, 2.75) is 31.8 Å². The lowest BCUT2D eigenvalue weighted by Gasteiger charge is -2.42. The summed E-state index contributed by atoms with van der Waals surface area (Å²) >= 11 is 0. The van der Waals surface area contributed by atoms with Crippen LogP contribution in [0.2, 0.25) is 0 Å². The van der Waals surface area contributed by atoms with Crippen molar-refractivity contribution >= 4 is 17.8 Å². The molecule has 0 N–H and O–H groups in total. The second kappa shape index (κ2) is 7.62. The van der Waals surface area contributed by atoms with E-state index in [1.165, 1.54) is 11.1 Å². The van der Waals surface area contributed by atoms with E-state index in [0.29, 0.717) is 39.0 Å². The number of likely N-dealkylation sites (N-methyl/N-ethyl adjacent to an activating group) is 1. The van der Waals surface area contributed by atoms with E-state index in [4.69, 9.17) is 0 Å². The lowest BCUT2D eigenvalue weighted by atomic mass is 9.85. The van der Waals surface area contributed by atoms with Crippen LogP contribution in [0.3, 0.4) is 0 Å². The highest BCUT2D eigenvalue weighted by atomic mass is 16.2. The van der Waals surface area contributed by atoms with E-state index < -0.39 is 5.54 Å². The third-order valence-corrected chi connectivity index (χ3v) is 5.79. The molecule has 4 amide bonds. The summed E-state index contributed by atoms with van der Waals surface area (Å²) in [4.78, 5) is 43.6. The molecule has 2 saturated heterocycles. The van der Waals surface area contributed by atoms with Gasteiger partial charge in [0, 0.05) is 32.4 Å². The minimum Gasteiger partial charge on any atom is -0.337 e. The highest BCUT2D eigenvalue weighted by Crippen LogP contribution is 2.38. The number of benzene rings is 1. The van der Waals surface area contributed by atoms with E-state index in [-0.39, 0.29) is 23.5 Å². The van der Waals surface area contributed by atoms with Gasteiger partial charge in [-0.1, -0.05) is 30.3 Å². The lowest BCUT2D eigenvalue weighted by molar-refractivity contribution is -0.135. The number of carbonyl (C=O) groups is 3. The molecule has 8 nitrogen and oxygen atoms in total. The third-order valence-electron chi connectivity index (χ3n) is 5.79. The number of hydrogen-bond acceptors (Lipinski definition) is 5. The van der Waals surface area contributed by atoms with Crippen LogP contribution in [0.5, 0.6) is 0 Å². The maximum absolute atomic E-state index is 13.2. The first-order valence-electron chi connectivity index (χ1n) is 9.81. The highest BCUT2D eigenvalue weighted by Gasteiger charge is 2.57. The number of nitrogens with zero attached hydrogens (tertiary/aromatic N) is 5. The predicted molar refractivity (Wildman–Crippen MR) is 105 cm³/mol. The third kappa shape index (κ3) is 3.24. The molecule has 3 heterocycles. The minimum absolute atomic E-state index is 0.160. The van der Waals surface area contributed by atoms with Crippen LogP contribution < -0.4 is 0 Å². The first kappa shape index (κ1) is 19.0. The molecular weight excluding hydrogens is 370 g/mol. The quantitative estimate of drug-likeness (QED) is 0.741. The van der Waals surface area contributed by atoms with Crippen molar-refractivity contribution in [3.8, 4) is 0 Å². The Labute approximate surface area is 169 Å². The average Bonchev–Trinajstić information content (AvgIpc) is 2.96. The fourth-order valence-corrected chi connectivity index (χ4v) is 4.19. The zero-order chi connectivity index (χ0) is 20.4. The fraction of sp³-hybridized carbons (Fsp3) is 0.381. The topological polar surface area (TPSA) is 86.7 Å². The largest absolute Gasteiger partial charge is 0.337 e. The Morgan fingerprint density at radius 1 is 1.07 bits per heavy atom. The van der Waals surface area contributed by atoms with E-state index in [9.17, 15) is 14.4 Å². The lowest BCUT2D eigenvalue weighted by Crippen LogP contribution is -2.57. The molecule has 1 spiro atoms. The molecule has 29 heavy (non-hydrogen) atoms. The van der Waals surface area contributed by atoms with Gasteiger partial charge in [-0.15, -0.1) is 5.10 Å². The van der Waals surface area contributed by atoms with Gasteiger partial charge in [-0.05, 0) is 37.5 Å². The molecule has 0 radical (unpaired) electrons. The molecular formula is C21H23N5O3. The van der Waals surface area contributed by atoms with Gasteiger partial charge < -0.3 is 9.80 Å². The molecule has 8 heteroatoms. The number of rotatable bonds is 4. The Morgan fingerprint density at radius 2 is 1.79 bits per heavy atom. The normalized spacial score (nSPS) is 18.6. The molecule has 2 aromatic rings. The second-order valence-corrected chi connectivity index (χ2v) is 7.34. The first-order valence-corrected chi connectivity index (χ1v) is 9.81. The summed E-state index contributed by atoms with van der Waals surface area (Å²) in [6.07, 6.45) is 2.34. The number of hydrogen-bond donors (Lipinski definition) is 0. The van der Waals surface area contributed by atoms with Gasteiger partial charge >= 0.3 is 6.03 Å². The van der Waals surface area contributed by atoms with E-state index in [1.54, 1.807) is 21.9 Å². The van der Waals surface area contributed by atoms with Crippen molar-refractivity contribution in [2.24, 2.45) is 0 Å². The molecule has 2 fully saturated rings. The summed E-state index contributed by atoms with van der Waals surface area (Å²) < 4.78 is 0. The van der Waals surface area contributed by atoms with Crippen molar-refractivity contribution in [1.82, 2.24) is 24.9 Å². The van der Waals surface area contributed by atoms with E-state index >= 15 is 0 Å². The molecule has 0 saturated carbocycles. The number of likely N-dealkylation sites (tertiary alicyclic amines) is 1. The van der Waals surface area contributed by atoms with E-state index in [0.717, 1.165) is 5.56 Å². The van der Waals surface area contributed by atoms with Gasteiger partial charge in [0.2, 0.25) is 0 Å². The van der Waals surface area contributed by atoms with Crippen molar-refractivity contribution in [3.63, 3.8) is 0 Å². The SMILES string of the molecule is CCN1C(=O)N(Cc2ccccc2)C2(CCN(C(=O)c3cccnn3)CC2)C1=O. The van der Waals surface area contributed by atoms with Gasteiger partial charge in [0.15, 0.2) is 5.69 Å². The highest BCUT2D eigenvalue weighted by molar-refractivity contribution is 6.07. The van der Waals surface area contributed by atoms with Crippen LogP contribution in [-0.2, 0) is 11.3 Å². The van der Waals surface area contributed by atoms with Crippen LogP contribution in [-0.4, -0.2) is 67.9 Å². The van der Waals surface area contributed by atoms with Gasteiger partial charge in [0.1, 0.15) is 5.54 Å². The van der Waals surface area contributed by atoms with Crippen LogP contribution in [0.25, 0.3) is 0 Å². The van der Waals surface area contributed by atoms with Gasteiger partial charge in [0.25, 0.3) is 11.8 Å². The summed E-state index contributed by atoms with van der Waals surface area (Å²) in [5, 5.41) is 7.65. The maximum atomic E-state index is 13.2. The predicted octanol–water partition coefficient (Wildman–Crippen LogP) is 1.94. The summed E-state index contributed by atoms with van der Waals surface area (Å²) in [5.41, 5.74) is 0.361. The molecule has 4 rings (SSSR count). The number of carbonyl (C=O) groups excluding carboxylic acids is 3. The van der Waals surface area contributed by atoms with Crippen molar-refractivity contribution in [2.75, 3.05) is 19.6 Å². The van der Waals surface area contributed by atoms with Gasteiger partial charge in [-0.25, -0.2) is 4.79 Å². The second-order valence-electron chi connectivity index (χ2n) is 7.34. The Hall–Kier alpha value is -3.29. The number of urea groups is 1. The number of aromatic nitrogens is 2. The summed E-state index contributed by atoms with van der Waals surface area (Å²) in [7, 11) is 0. The smallest absolute Gasteiger partial charge is 0.327 e. The molecule has 2 aliphatic heterocycles. The Morgan fingerprint density at radius 3 is 2.41 bits per heavy atom. The molecule has 2 aliphatic rings. The van der Waals surface area contributed by atoms with Gasteiger partial charge in [-0.3, -0.25) is 14.5 Å². The Kier molecular flexibility index (Phi) is 5.00. The first-order chi connectivity index (χ1) is 14.1. The molecule has 150 valence electrons. The minimum atomic E-state index is -0.901. The fourth-order valence-electron chi connectivity index (χ4n) is 4.19. The van der Waals surface area contributed by atoms with Crippen LogP contribution in [0.1, 0.15) is 35.8 Å². The van der Waals surface area contributed by atoms with Crippen LogP contribution in [0.4, 0.5) is 4.79 Å². The maximum Gasteiger partial charge on any atom is 0.327 e. The van der Waals surface area contributed by atoms with Crippen LogP contribution in [0.15, 0.2) is 48.7 Å². The molecule has 0 atom stereocenters. The monoisotopic (exact) mass is 393 g/mol. The molecule has 1 aromatic heterocycles. The van der Waals surface area contributed by atoms with Crippen LogP contribution in [0, 0.1) is 0 Å². The number of imide groups is 1. The average molecular weight is 393 g/mol. The Bertz CT molecular complexity index is 910. The number of piperidine rings is 1. The van der Waals surface area contributed by atoms with E-state index in [1.807, 2.05) is 37.3 Å². The van der Waals surface area contributed by atoms with Crippen molar-refractivity contribution < 1.29 is 14.4 Å². The summed E-state index contributed by atoms with van der Waals surface area (Å²) in [6.45, 7) is 3.30. The van der Waals surface area contributed by atoms with Crippen LogP contribution >= 0.6 is 0 Å². The zero-order valence-electron chi connectivity index (χ0n) is 16.3. The zero-order valence-corrected chi connectivity index (χ0v) is 16.3. The molecule has 0 bridgehead atoms. The van der Waals surface area contributed by atoms with Gasteiger partial charge in [-0.2, -0.15) is 5.10 Å². The summed E-state index contributed by atoms with van der Waals surface area (Å²) in [6, 6.07) is 12.7. The van der Waals surface area contributed by atoms with E-state index in [2.05, 4.69) is 10.2 Å². The number of amides is 4. The molecule has 0 unspecified atom stereocenters. The van der Waals surface area contributed by atoms with Crippen molar-refractivity contribution in [1.29, 1.82) is 0 Å².